The zero-order valence-electron chi connectivity index (χ0n) is 9.27. The highest BCUT2D eigenvalue weighted by molar-refractivity contribution is 5.85. The zero-order chi connectivity index (χ0) is 11.1. The summed E-state index contributed by atoms with van der Waals surface area (Å²) in [7, 11) is 0. The van der Waals surface area contributed by atoms with Gasteiger partial charge in [-0.1, -0.05) is 6.07 Å². The van der Waals surface area contributed by atoms with Crippen molar-refractivity contribution < 1.29 is 4.79 Å². The van der Waals surface area contributed by atoms with Crippen LogP contribution in [0.1, 0.15) is 18.4 Å². The number of halogens is 2. The molecule has 1 rings (SSSR count). The Hall–Kier alpha value is -1.04. The number of H-pyrrole nitrogens is 1. The van der Waals surface area contributed by atoms with Gasteiger partial charge in [0.15, 0.2) is 0 Å². The molecule has 0 fully saturated rings. The summed E-state index contributed by atoms with van der Waals surface area (Å²) >= 11 is 0. The molecule has 0 aliphatic heterocycles. The number of hydrogen-bond donors (Lipinski definition) is 3. The lowest BCUT2D eigenvalue weighted by molar-refractivity contribution is -0.121. The SMILES string of the molecule is Cl.Cl.NCCCC(=O)NCc1ccc(=O)[nH]c1. The molecule has 1 aromatic rings. The molecule has 0 aliphatic carbocycles. The Kier molecular flexibility index (Phi) is 10.9. The molecule has 0 spiro atoms. The van der Waals surface area contributed by atoms with Crippen LogP contribution in [0.15, 0.2) is 23.1 Å². The second-order valence-electron chi connectivity index (χ2n) is 3.23. The van der Waals surface area contributed by atoms with Gasteiger partial charge in [0.05, 0.1) is 0 Å². The molecule has 17 heavy (non-hydrogen) atoms. The van der Waals surface area contributed by atoms with Crippen molar-refractivity contribution in [3.63, 3.8) is 0 Å². The summed E-state index contributed by atoms with van der Waals surface area (Å²) in [6.45, 7) is 0.951. The Balaban J connectivity index is 0. The maximum Gasteiger partial charge on any atom is 0.247 e. The third-order valence-corrected chi connectivity index (χ3v) is 1.95. The number of pyridine rings is 1. The number of nitrogens with two attached hydrogens (primary N) is 1. The number of carbonyl (C=O) groups excluding carboxylic acids is 1. The number of rotatable bonds is 5. The van der Waals surface area contributed by atoms with E-state index >= 15 is 0 Å². The van der Waals surface area contributed by atoms with Gasteiger partial charge < -0.3 is 16.0 Å². The fourth-order valence-corrected chi connectivity index (χ4v) is 1.10. The minimum atomic E-state index is -0.145. The molecule has 0 saturated carbocycles. The first-order valence-electron chi connectivity index (χ1n) is 4.87. The first-order chi connectivity index (χ1) is 7.22. The summed E-state index contributed by atoms with van der Waals surface area (Å²) in [5.41, 5.74) is 6.01. The molecule has 1 amide bonds. The number of amides is 1. The van der Waals surface area contributed by atoms with E-state index in [4.69, 9.17) is 5.73 Å². The van der Waals surface area contributed by atoms with Gasteiger partial charge in [-0.15, -0.1) is 24.8 Å². The van der Waals surface area contributed by atoms with Crippen molar-refractivity contribution in [1.29, 1.82) is 0 Å². The predicted octanol–water partition coefficient (Wildman–Crippen LogP) is 0.574. The van der Waals surface area contributed by atoms with Crippen LogP contribution in [-0.4, -0.2) is 17.4 Å². The Bertz CT molecular complexity index is 362. The van der Waals surface area contributed by atoms with Crippen molar-refractivity contribution >= 4 is 30.7 Å². The molecule has 0 atom stereocenters. The van der Waals surface area contributed by atoms with E-state index in [0.717, 1.165) is 5.56 Å². The molecule has 98 valence electrons. The van der Waals surface area contributed by atoms with Gasteiger partial charge in [-0.2, -0.15) is 0 Å². The number of aromatic nitrogens is 1. The largest absolute Gasteiger partial charge is 0.352 e. The van der Waals surface area contributed by atoms with Gasteiger partial charge in [0.1, 0.15) is 0 Å². The lowest BCUT2D eigenvalue weighted by atomic mass is 10.2. The highest BCUT2D eigenvalue weighted by atomic mass is 35.5. The molecule has 1 heterocycles. The van der Waals surface area contributed by atoms with Crippen molar-refractivity contribution in [3.05, 3.63) is 34.2 Å². The van der Waals surface area contributed by atoms with Crippen LogP contribution < -0.4 is 16.6 Å². The average molecular weight is 282 g/mol. The minimum Gasteiger partial charge on any atom is -0.352 e. The van der Waals surface area contributed by atoms with Crippen molar-refractivity contribution in [1.82, 2.24) is 10.3 Å². The van der Waals surface area contributed by atoms with Crippen molar-refractivity contribution in [2.24, 2.45) is 5.73 Å². The van der Waals surface area contributed by atoms with Crippen LogP contribution in [0.25, 0.3) is 0 Å². The second kappa shape index (κ2) is 10.1. The molecule has 7 heteroatoms. The molecule has 0 bridgehead atoms. The first-order valence-corrected chi connectivity index (χ1v) is 4.87. The van der Waals surface area contributed by atoms with E-state index < -0.39 is 0 Å². The van der Waals surface area contributed by atoms with Crippen molar-refractivity contribution in [2.45, 2.75) is 19.4 Å². The molecule has 0 aromatic carbocycles. The number of hydrogen-bond acceptors (Lipinski definition) is 3. The van der Waals surface area contributed by atoms with Gasteiger partial charge >= 0.3 is 0 Å². The van der Waals surface area contributed by atoms with Gasteiger partial charge in [0.2, 0.25) is 11.5 Å². The number of carbonyl (C=O) groups is 1. The predicted molar refractivity (Wildman–Crippen MR) is 71.7 cm³/mol. The fourth-order valence-electron chi connectivity index (χ4n) is 1.10. The Morgan fingerprint density at radius 1 is 1.35 bits per heavy atom. The van der Waals surface area contributed by atoms with E-state index in [2.05, 4.69) is 10.3 Å². The Morgan fingerprint density at radius 3 is 2.59 bits per heavy atom. The van der Waals surface area contributed by atoms with E-state index in [-0.39, 0.29) is 36.3 Å². The summed E-state index contributed by atoms with van der Waals surface area (Å²) in [6.07, 6.45) is 2.73. The van der Waals surface area contributed by atoms with Crippen LogP contribution in [0.5, 0.6) is 0 Å². The van der Waals surface area contributed by atoms with Gasteiger partial charge in [-0.25, -0.2) is 0 Å². The highest BCUT2D eigenvalue weighted by Gasteiger charge is 1.99. The summed E-state index contributed by atoms with van der Waals surface area (Å²) in [6, 6.07) is 3.11. The third kappa shape index (κ3) is 7.79. The van der Waals surface area contributed by atoms with Gasteiger partial charge in [0.25, 0.3) is 0 Å². The molecule has 0 saturated heterocycles. The summed E-state index contributed by atoms with van der Waals surface area (Å²) < 4.78 is 0. The van der Waals surface area contributed by atoms with Gasteiger partial charge in [0, 0.05) is 25.2 Å². The third-order valence-electron chi connectivity index (χ3n) is 1.95. The van der Waals surface area contributed by atoms with Crippen LogP contribution in [-0.2, 0) is 11.3 Å². The Morgan fingerprint density at radius 2 is 2.06 bits per heavy atom. The van der Waals surface area contributed by atoms with Crippen molar-refractivity contribution in [3.8, 4) is 0 Å². The van der Waals surface area contributed by atoms with Crippen LogP contribution in [0.4, 0.5) is 0 Å². The quantitative estimate of drug-likeness (QED) is 0.738. The van der Waals surface area contributed by atoms with Crippen LogP contribution in [0.3, 0.4) is 0 Å². The molecule has 1 aromatic heterocycles. The molecule has 0 radical (unpaired) electrons. The molecular weight excluding hydrogens is 265 g/mol. The smallest absolute Gasteiger partial charge is 0.247 e. The van der Waals surface area contributed by atoms with Crippen molar-refractivity contribution in [2.75, 3.05) is 6.54 Å². The number of nitrogens with one attached hydrogen (secondary N) is 2. The minimum absolute atomic E-state index is 0. The number of aromatic amines is 1. The van der Waals surface area contributed by atoms with E-state index in [0.29, 0.717) is 25.9 Å². The van der Waals surface area contributed by atoms with E-state index in [1.54, 1.807) is 12.3 Å². The lowest BCUT2D eigenvalue weighted by Gasteiger charge is -2.03. The monoisotopic (exact) mass is 281 g/mol. The molecule has 5 nitrogen and oxygen atoms in total. The standard InChI is InChI=1S/C10H15N3O2.2ClH/c11-5-1-2-9(14)12-6-8-3-4-10(15)13-7-8;;/h3-4,7H,1-2,5-6,11H2,(H,12,14)(H,13,15);2*1H. The molecule has 4 N–H and O–H groups in total. The Labute approximate surface area is 112 Å². The maximum absolute atomic E-state index is 11.2. The normalized spacial score (nSPS) is 8.76. The maximum atomic E-state index is 11.2. The topological polar surface area (TPSA) is 88.0 Å². The van der Waals surface area contributed by atoms with Gasteiger partial charge in [-0.05, 0) is 18.5 Å². The average Bonchev–Trinajstić information content (AvgIpc) is 2.25. The molecule has 0 aliphatic rings. The first kappa shape index (κ1) is 18.3. The second-order valence-corrected chi connectivity index (χ2v) is 3.23. The highest BCUT2D eigenvalue weighted by Crippen LogP contribution is 1.93. The van der Waals surface area contributed by atoms with E-state index in [9.17, 15) is 9.59 Å². The van der Waals surface area contributed by atoms with E-state index in [1.165, 1.54) is 6.07 Å². The van der Waals surface area contributed by atoms with Gasteiger partial charge in [-0.3, -0.25) is 9.59 Å². The molecular formula is C10H17Cl2N3O2. The summed E-state index contributed by atoms with van der Waals surface area (Å²) in [5, 5.41) is 2.74. The van der Waals surface area contributed by atoms with Crippen LogP contribution in [0.2, 0.25) is 0 Å². The summed E-state index contributed by atoms with van der Waals surface area (Å²) in [4.78, 5) is 24.5. The van der Waals surface area contributed by atoms with Crippen LogP contribution >= 0.6 is 24.8 Å². The lowest BCUT2D eigenvalue weighted by Crippen LogP contribution is -2.23. The zero-order valence-corrected chi connectivity index (χ0v) is 10.9. The van der Waals surface area contributed by atoms with E-state index in [1.807, 2.05) is 0 Å². The fraction of sp³-hybridized carbons (Fsp3) is 0.400. The summed E-state index contributed by atoms with van der Waals surface area (Å²) in [5.74, 6) is -0.0216. The molecule has 0 unspecified atom stereocenters. The van der Waals surface area contributed by atoms with Crippen LogP contribution in [0, 0.1) is 0 Å².